The first-order valence-electron chi connectivity index (χ1n) is 13.4. The van der Waals surface area contributed by atoms with E-state index in [0.717, 1.165) is 29.1 Å². The van der Waals surface area contributed by atoms with Gasteiger partial charge in [0.15, 0.2) is 5.82 Å². The molecule has 3 heterocycles. The number of hydrogen-bond donors (Lipinski definition) is 0. The van der Waals surface area contributed by atoms with Crippen molar-refractivity contribution in [1.29, 1.82) is 0 Å². The topological polar surface area (TPSA) is 78.4 Å². The Hall–Kier alpha value is -4.80. The highest BCUT2D eigenvalue weighted by atomic mass is 19.4. The maximum Gasteiger partial charge on any atom is 0.416 e. The van der Waals surface area contributed by atoms with Crippen molar-refractivity contribution in [2.75, 3.05) is 34.3 Å². The van der Waals surface area contributed by atoms with Gasteiger partial charge in [0.25, 0.3) is 5.91 Å². The highest BCUT2D eigenvalue weighted by Crippen LogP contribution is 2.33. The van der Waals surface area contributed by atoms with E-state index in [0.29, 0.717) is 42.4 Å². The molecule has 0 aliphatic carbocycles. The van der Waals surface area contributed by atoms with Gasteiger partial charge in [-0.2, -0.15) is 13.2 Å². The fourth-order valence-corrected chi connectivity index (χ4v) is 5.07. The molecule has 11 heteroatoms. The molecule has 1 saturated heterocycles. The van der Waals surface area contributed by atoms with Crippen molar-refractivity contribution < 1.29 is 18.0 Å². The van der Waals surface area contributed by atoms with Gasteiger partial charge in [-0.05, 0) is 56.2 Å². The molecule has 1 fully saturated rings. The van der Waals surface area contributed by atoms with E-state index in [-0.39, 0.29) is 17.6 Å². The summed E-state index contributed by atoms with van der Waals surface area (Å²) in [6, 6.07) is 14.2. The molecule has 1 aliphatic rings. The number of hydrogen-bond acceptors (Lipinski definition) is 7. The number of rotatable bonds is 6. The molecule has 216 valence electrons. The predicted molar refractivity (Wildman–Crippen MR) is 156 cm³/mol. The van der Waals surface area contributed by atoms with Crippen LogP contribution in [-0.4, -0.2) is 51.7 Å². The zero-order valence-corrected chi connectivity index (χ0v) is 23.5. The van der Waals surface area contributed by atoms with E-state index in [1.54, 1.807) is 6.20 Å². The minimum Gasteiger partial charge on any atom is -0.351 e. The van der Waals surface area contributed by atoms with Crippen LogP contribution in [0.25, 0.3) is 11.3 Å². The van der Waals surface area contributed by atoms with E-state index in [4.69, 9.17) is 0 Å². The molecule has 0 bridgehead atoms. The van der Waals surface area contributed by atoms with Crippen molar-refractivity contribution in [3.63, 3.8) is 0 Å². The quantitative estimate of drug-likeness (QED) is 0.277. The molecule has 4 aromatic rings. The van der Waals surface area contributed by atoms with Crippen molar-refractivity contribution >= 4 is 23.2 Å². The zero-order valence-electron chi connectivity index (χ0n) is 23.5. The highest BCUT2D eigenvalue weighted by Gasteiger charge is 2.31. The summed E-state index contributed by atoms with van der Waals surface area (Å²) in [5, 5.41) is 8.88. The summed E-state index contributed by atoms with van der Waals surface area (Å²) in [4.78, 5) is 27.7. The van der Waals surface area contributed by atoms with Gasteiger partial charge in [0, 0.05) is 43.1 Å². The Kier molecular flexibility index (Phi) is 7.93. The lowest BCUT2D eigenvalue weighted by molar-refractivity contribution is -0.137. The van der Waals surface area contributed by atoms with E-state index in [1.807, 2.05) is 44.2 Å². The number of carbonyl (C=O) groups is 1. The van der Waals surface area contributed by atoms with Crippen LogP contribution in [0.2, 0.25) is 0 Å². The molecule has 0 radical (unpaired) electrons. The zero-order chi connectivity index (χ0) is 30.0. The van der Waals surface area contributed by atoms with Gasteiger partial charge in [0.05, 0.1) is 23.7 Å². The maximum absolute atomic E-state index is 13.0. The second-order valence-electron chi connectivity index (χ2n) is 10.1. The molecule has 0 unspecified atom stereocenters. The Bertz CT molecular complexity index is 1580. The van der Waals surface area contributed by atoms with E-state index < -0.39 is 11.7 Å². The van der Waals surface area contributed by atoms with E-state index in [1.165, 1.54) is 29.4 Å². The van der Waals surface area contributed by atoms with Crippen LogP contribution in [0.3, 0.4) is 0 Å². The lowest BCUT2D eigenvalue weighted by Crippen LogP contribution is -2.53. The van der Waals surface area contributed by atoms with Gasteiger partial charge in [-0.25, -0.2) is 9.97 Å². The highest BCUT2D eigenvalue weighted by molar-refractivity contribution is 6.05. The average Bonchev–Trinajstić information content (AvgIpc) is 2.99. The summed E-state index contributed by atoms with van der Waals surface area (Å²) in [5.41, 5.74) is 3.13. The van der Waals surface area contributed by atoms with E-state index >= 15 is 0 Å². The van der Waals surface area contributed by atoms with Crippen molar-refractivity contribution in [3.8, 4) is 11.3 Å². The number of aromatic nitrogens is 4. The Morgan fingerprint density at radius 1 is 0.976 bits per heavy atom. The Balaban J connectivity index is 1.28. The van der Waals surface area contributed by atoms with Crippen LogP contribution in [0.1, 0.15) is 34.1 Å². The lowest BCUT2D eigenvalue weighted by atomic mass is 10.0. The van der Waals surface area contributed by atoms with Gasteiger partial charge in [-0.1, -0.05) is 36.9 Å². The third-order valence-corrected chi connectivity index (χ3v) is 7.50. The fraction of sp³-hybridized carbons (Fsp3) is 0.258. The number of carbonyl (C=O) groups excluding carboxylic acids is 1. The second kappa shape index (κ2) is 11.6. The van der Waals surface area contributed by atoms with Crippen LogP contribution in [0.5, 0.6) is 0 Å². The third-order valence-electron chi connectivity index (χ3n) is 7.50. The predicted octanol–water partition coefficient (Wildman–Crippen LogP) is 6.07. The molecule has 1 aliphatic heterocycles. The molecule has 5 rings (SSSR count). The van der Waals surface area contributed by atoms with Crippen LogP contribution in [0, 0.1) is 13.8 Å². The van der Waals surface area contributed by atoms with Crippen LogP contribution >= 0.6 is 0 Å². The molecule has 1 atom stereocenters. The summed E-state index contributed by atoms with van der Waals surface area (Å²) in [6.45, 7) is 11.6. The van der Waals surface area contributed by atoms with Crippen LogP contribution in [0.4, 0.5) is 30.5 Å². The number of para-hydroxylation sites is 1. The molecule has 0 saturated carbocycles. The summed E-state index contributed by atoms with van der Waals surface area (Å²) >= 11 is 0. The Morgan fingerprint density at radius 2 is 1.69 bits per heavy atom. The molecule has 8 nitrogen and oxygen atoms in total. The number of benzene rings is 2. The summed E-state index contributed by atoms with van der Waals surface area (Å²) in [7, 11) is 0. The lowest BCUT2D eigenvalue weighted by Gasteiger charge is -2.41. The van der Waals surface area contributed by atoms with Gasteiger partial charge >= 0.3 is 6.18 Å². The van der Waals surface area contributed by atoms with Gasteiger partial charge in [0.1, 0.15) is 11.5 Å². The summed E-state index contributed by atoms with van der Waals surface area (Å²) in [5.74, 6) is 1.09. The van der Waals surface area contributed by atoms with E-state index in [2.05, 4.69) is 43.5 Å². The van der Waals surface area contributed by atoms with Crippen LogP contribution in [-0.2, 0) is 6.18 Å². The average molecular weight is 574 g/mol. The third kappa shape index (κ3) is 5.67. The summed E-state index contributed by atoms with van der Waals surface area (Å²) < 4.78 is 38.9. The first kappa shape index (κ1) is 28.7. The fourth-order valence-electron chi connectivity index (χ4n) is 5.07. The van der Waals surface area contributed by atoms with Crippen molar-refractivity contribution in [2.45, 2.75) is 33.0 Å². The summed E-state index contributed by atoms with van der Waals surface area (Å²) in [6.07, 6.45) is 0.157. The molecule has 0 spiro atoms. The van der Waals surface area contributed by atoms with E-state index in [9.17, 15) is 18.0 Å². The Morgan fingerprint density at radius 3 is 2.29 bits per heavy atom. The van der Waals surface area contributed by atoms with Gasteiger partial charge in [0.2, 0.25) is 0 Å². The molecule has 2 aromatic heterocycles. The van der Waals surface area contributed by atoms with Crippen LogP contribution < -0.4 is 14.7 Å². The number of amides is 1. The monoisotopic (exact) mass is 573 g/mol. The first-order chi connectivity index (χ1) is 20.1. The number of halogens is 3. The maximum atomic E-state index is 13.0. The normalized spacial score (nSPS) is 15.4. The van der Waals surface area contributed by atoms with Crippen LogP contribution in [0.15, 0.2) is 79.8 Å². The number of piperazine rings is 1. The first-order valence-corrected chi connectivity index (χ1v) is 13.4. The number of nitrogens with zero attached hydrogens (tertiary/aromatic N) is 7. The molecular weight excluding hydrogens is 543 g/mol. The van der Waals surface area contributed by atoms with Gasteiger partial charge < -0.3 is 9.80 Å². The minimum absolute atomic E-state index is 0.0553. The molecule has 1 amide bonds. The molecular formula is C31H30F3N7O. The number of alkyl halides is 3. The van der Waals surface area contributed by atoms with Gasteiger partial charge in [-0.15, -0.1) is 10.2 Å². The van der Waals surface area contributed by atoms with Crippen molar-refractivity contribution in [3.05, 3.63) is 102 Å². The number of anilines is 3. The molecule has 2 aromatic carbocycles. The Labute approximate surface area is 242 Å². The second-order valence-corrected chi connectivity index (χ2v) is 10.1. The smallest absolute Gasteiger partial charge is 0.351 e. The largest absolute Gasteiger partial charge is 0.416 e. The standard InChI is InChI=1S/C31H30F3N7O/c1-5-40(25-9-7-6-8-10-25)30(42)26-17-36-27(18-35-26)41-16-15-39(19-20(41)2)29-22(4)21(3)28(37-38-29)23-11-13-24(14-12-23)31(32,33)34/h5-14,17-18,20H,1,15-16,19H2,2-4H3/t20-/m1/s1. The minimum atomic E-state index is -4.39. The van der Waals surface area contributed by atoms with Crippen molar-refractivity contribution in [1.82, 2.24) is 20.2 Å². The molecule has 42 heavy (non-hydrogen) atoms. The molecule has 0 N–H and O–H groups in total. The van der Waals surface area contributed by atoms with Crippen molar-refractivity contribution in [2.24, 2.45) is 0 Å². The van der Waals surface area contributed by atoms with Gasteiger partial charge in [-0.3, -0.25) is 9.69 Å². The SMILES string of the molecule is C=CN(C(=O)c1cnc(N2CCN(c3nnc(-c4ccc(C(F)(F)F)cc4)c(C)c3C)C[C@H]2C)cn1)c1ccccc1.